The Kier molecular flexibility index (Phi) is 7.37. The fourth-order valence-corrected chi connectivity index (χ4v) is 4.42. The van der Waals surface area contributed by atoms with Gasteiger partial charge in [-0.3, -0.25) is 14.9 Å². The highest BCUT2D eigenvalue weighted by atomic mass is 35.5. The second-order valence-electron chi connectivity index (χ2n) is 6.88. The van der Waals surface area contributed by atoms with Crippen molar-refractivity contribution in [2.24, 2.45) is 5.92 Å². The van der Waals surface area contributed by atoms with E-state index in [1.807, 2.05) is 22.2 Å². The molecule has 0 aliphatic carbocycles. The fourth-order valence-electron chi connectivity index (χ4n) is 2.65. The van der Waals surface area contributed by atoms with Gasteiger partial charge in [-0.15, -0.1) is 11.3 Å². The third-order valence-corrected chi connectivity index (χ3v) is 6.23. The van der Waals surface area contributed by atoms with Gasteiger partial charge >= 0.3 is 5.97 Å². The number of thiazole rings is 1. The topological polar surface area (TPSA) is 111 Å². The first-order valence-corrected chi connectivity index (χ1v) is 11.3. The molecule has 1 aromatic carbocycles. The number of ether oxygens (including phenoxy) is 1. The zero-order valence-corrected chi connectivity index (χ0v) is 18.9. The van der Waals surface area contributed by atoms with E-state index < -0.39 is 22.8 Å². The molecule has 3 rings (SSSR count). The monoisotopic (exact) mass is 479 g/mol. The molecule has 2 heterocycles. The molecule has 31 heavy (non-hydrogen) atoms. The van der Waals surface area contributed by atoms with Gasteiger partial charge in [0.1, 0.15) is 17.7 Å². The maximum absolute atomic E-state index is 12.6. The summed E-state index contributed by atoms with van der Waals surface area (Å²) in [6, 6.07) is 4.56. The van der Waals surface area contributed by atoms with Crippen LogP contribution in [0.4, 0.5) is 5.69 Å². The summed E-state index contributed by atoms with van der Waals surface area (Å²) in [5, 5.41) is 20.0. The van der Waals surface area contributed by atoms with Gasteiger partial charge < -0.3 is 10.1 Å². The second kappa shape index (κ2) is 9.99. The van der Waals surface area contributed by atoms with Crippen LogP contribution in [0, 0.1) is 16.0 Å². The maximum atomic E-state index is 12.6. The summed E-state index contributed by atoms with van der Waals surface area (Å²) in [5.74, 6) is -1.49. The highest BCUT2D eigenvalue weighted by molar-refractivity contribution is 7.14. The molecule has 0 saturated heterocycles. The number of rotatable bonds is 8. The molecule has 3 aromatic rings. The lowest BCUT2D eigenvalue weighted by molar-refractivity contribution is -0.384. The molecule has 1 amide bonds. The lowest BCUT2D eigenvalue weighted by Crippen LogP contribution is -2.45. The molecule has 0 spiro atoms. The van der Waals surface area contributed by atoms with Crippen LogP contribution in [0.25, 0.3) is 10.6 Å². The van der Waals surface area contributed by atoms with Gasteiger partial charge in [-0.05, 0) is 23.4 Å². The average molecular weight is 480 g/mol. The highest BCUT2D eigenvalue weighted by Crippen LogP contribution is 2.26. The van der Waals surface area contributed by atoms with Crippen molar-refractivity contribution in [3.63, 3.8) is 0 Å². The molecular weight excluding hydrogens is 462 g/mol. The number of hydrogen-bond acceptors (Lipinski definition) is 8. The first-order chi connectivity index (χ1) is 14.8. The lowest BCUT2D eigenvalue weighted by Gasteiger charge is -2.21. The van der Waals surface area contributed by atoms with Crippen LogP contribution in [-0.4, -0.2) is 27.8 Å². The van der Waals surface area contributed by atoms with E-state index in [4.69, 9.17) is 16.3 Å². The molecule has 0 unspecified atom stereocenters. The van der Waals surface area contributed by atoms with Gasteiger partial charge in [-0.2, -0.15) is 11.3 Å². The van der Waals surface area contributed by atoms with Crippen LogP contribution in [0.2, 0.25) is 5.02 Å². The number of nitrogens with zero attached hydrogens (tertiary/aromatic N) is 2. The van der Waals surface area contributed by atoms with E-state index in [1.54, 1.807) is 25.2 Å². The van der Waals surface area contributed by atoms with Crippen molar-refractivity contribution in [3.05, 3.63) is 66.8 Å². The van der Waals surface area contributed by atoms with E-state index in [0.717, 1.165) is 16.6 Å². The van der Waals surface area contributed by atoms with Crippen molar-refractivity contribution in [2.75, 3.05) is 0 Å². The van der Waals surface area contributed by atoms with E-state index in [-0.39, 0.29) is 28.8 Å². The Labute approximate surface area is 191 Å². The molecule has 0 aliphatic heterocycles. The van der Waals surface area contributed by atoms with Crippen molar-refractivity contribution in [3.8, 4) is 10.6 Å². The summed E-state index contributed by atoms with van der Waals surface area (Å²) < 4.78 is 5.37. The minimum atomic E-state index is -0.922. The molecule has 0 radical (unpaired) electrons. The van der Waals surface area contributed by atoms with Crippen molar-refractivity contribution in [1.82, 2.24) is 10.3 Å². The van der Waals surface area contributed by atoms with E-state index in [9.17, 15) is 19.7 Å². The van der Waals surface area contributed by atoms with Crippen LogP contribution < -0.4 is 5.32 Å². The zero-order chi connectivity index (χ0) is 22.5. The molecule has 0 fully saturated rings. The average Bonchev–Trinajstić information content (AvgIpc) is 3.41. The number of hydrogen-bond donors (Lipinski definition) is 1. The van der Waals surface area contributed by atoms with Gasteiger partial charge in [0.05, 0.1) is 21.2 Å². The molecule has 0 aliphatic rings. The summed E-state index contributed by atoms with van der Waals surface area (Å²) in [7, 11) is 0. The van der Waals surface area contributed by atoms with Gasteiger partial charge in [0.2, 0.25) is 0 Å². The van der Waals surface area contributed by atoms with Crippen molar-refractivity contribution in [1.29, 1.82) is 0 Å². The number of halogens is 1. The number of non-ortho nitro benzene ring substituents is 1. The second-order valence-corrected chi connectivity index (χ2v) is 8.93. The normalized spacial score (nSPS) is 11.9. The van der Waals surface area contributed by atoms with E-state index in [1.165, 1.54) is 23.5 Å². The number of benzene rings is 1. The minimum absolute atomic E-state index is 0.0170. The smallest absolute Gasteiger partial charge is 0.329 e. The van der Waals surface area contributed by atoms with Crippen LogP contribution >= 0.6 is 34.3 Å². The van der Waals surface area contributed by atoms with Crippen molar-refractivity contribution >= 4 is 51.8 Å². The molecule has 1 N–H and O–H groups in total. The molecule has 2 aromatic heterocycles. The van der Waals surface area contributed by atoms with Gasteiger partial charge in [-0.25, -0.2) is 9.78 Å². The summed E-state index contributed by atoms with van der Waals surface area (Å²) in [5.41, 5.74) is 1.43. The Balaban J connectivity index is 1.64. The molecule has 0 bridgehead atoms. The standard InChI is InChI=1S/C20H18ClN3O5S2/c1-11(2)17(23-18(25)15-4-3-14(24(27)28)7-16(15)21)20(26)29-8-13-10-31-19(22-13)12-5-6-30-9-12/h3-7,9-11,17H,8H2,1-2H3,(H,23,25)/t17-/m0/s1. The van der Waals surface area contributed by atoms with Gasteiger partial charge in [0.15, 0.2) is 0 Å². The number of esters is 1. The third-order valence-electron chi connectivity index (χ3n) is 4.30. The number of nitro groups is 1. The molecule has 8 nitrogen and oxygen atoms in total. The van der Waals surface area contributed by atoms with Crippen LogP contribution in [-0.2, 0) is 16.1 Å². The molecule has 162 valence electrons. The number of nitrogens with one attached hydrogen (secondary N) is 1. The minimum Gasteiger partial charge on any atom is -0.458 e. The molecule has 11 heteroatoms. The van der Waals surface area contributed by atoms with Crippen LogP contribution in [0.1, 0.15) is 29.9 Å². The molecule has 1 atom stereocenters. The number of carbonyl (C=O) groups is 2. The number of thiophene rings is 1. The molecular formula is C20H18ClN3O5S2. The first-order valence-electron chi connectivity index (χ1n) is 9.14. The number of nitro benzene ring substituents is 1. The van der Waals surface area contributed by atoms with Crippen LogP contribution in [0.5, 0.6) is 0 Å². The predicted octanol–water partition coefficient (Wildman–Crippen LogP) is 4.93. The quantitative estimate of drug-likeness (QED) is 0.278. The SMILES string of the molecule is CC(C)[C@H](NC(=O)c1ccc([N+](=O)[O-])cc1Cl)C(=O)OCc1csc(-c2ccsc2)n1. The maximum Gasteiger partial charge on any atom is 0.329 e. The van der Waals surface area contributed by atoms with Gasteiger partial charge in [0.25, 0.3) is 11.6 Å². The van der Waals surface area contributed by atoms with E-state index in [0.29, 0.717) is 5.69 Å². The van der Waals surface area contributed by atoms with Gasteiger partial charge in [0, 0.05) is 28.5 Å². The Morgan fingerprint density at radius 1 is 1.29 bits per heavy atom. The van der Waals surface area contributed by atoms with Crippen molar-refractivity contribution in [2.45, 2.75) is 26.5 Å². The first kappa shape index (κ1) is 22.9. The Hall–Kier alpha value is -2.82. The number of amides is 1. The summed E-state index contributed by atoms with van der Waals surface area (Å²) in [6.07, 6.45) is 0. The number of aromatic nitrogens is 1. The fraction of sp³-hybridized carbons (Fsp3) is 0.250. The van der Waals surface area contributed by atoms with Gasteiger partial charge in [-0.1, -0.05) is 25.4 Å². The Bertz CT molecular complexity index is 1100. The zero-order valence-electron chi connectivity index (χ0n) is 16.5. The Morgan fingerprint density at radius 3 is 2.68 bits per heavy atom. The summed E-state index contributed by atoms with van der Waals surface area (Å²) in [4.78, 5) is 39.9. The highest BCUT2D eigenvalue weighted by Gasteiger charge is 2.27. The summed E-state index contributed by atoms with van der Waals surface area (Å²) >= 11 is 9.04. The van der Waals surface area contributed by atoms with Crippen LogP contribution in [0.3, 0.4) is 0 Å². The Morgan fingerprint density at radius 2 is 2.06 bits per heavy atom. The predicted molar refractivity (Wildman–Crippen MR) is 119 cm³/mol. The van der Waals surface area contributed by atoms with Crippen LogP contribution in [0.15, 0.2) is 40.4 Å². The lowest BCUT2D eigenvalue weighted by atomic mass is 10.0. The summed E-state index contributed by atoms with van der Waals surface area (Å²) in [6.45, 7) is 3.51. The molecule has 0 saturated carbocycles. The van der Waals surface area contributed by atoms with Crippen molar-refractivity contribution < 1.29 is 19.2 Å². The largest absolute Gasteiger partial charge is 0.458 e. The third kappa shape index (κ3) is 5.66. The van der Waals surface area contributed by atoms with E-state index >= 15 is 0 Å². The van der Waals surface area contributed by atoms with E-state index in [2.05, 4.69) is 10.3 Å². The number of carbonyl (C=O) groups excluding carboxylic acids is 2.